The van der Waals surface area contributed by atoms with E-state index in [1.807, 2.05) is 30.3 Å². The molecule has 0 atom stereocenters. The molecule has 2 N–H and O–H groups in total. The molecule has 0 aliphatic rings. The van der Waals surface area contributed by atoms with Crippen molar-refractivity contribution in [2.45, 2.75) is 0 Å². The lowest BCUT2D eigenvalue weighted by atomic mass is 10.0. The van der Waals surface area contributed by atoms with Crippen molar-refractivity contribution in [1.29, 1.82) is 0 Å². The molecule has 1 heterocycles. The van der Waals surface area contributed by atoms with Crippen LogP contribution < -0.4 is 10.6 Å². The summed E-state index contributed by atoms with van der Waals surface area (Å²) in [7, 11) is 0. The van der Waals surface area contributed by atoms with Crippen molar-refractivity contribution < 1.29 is 19.4 Å². The Hall–Kier alpha value is -6.82. The number of nitrogens with zero attached hydrogens (tertiary/aromatic N) is 4. The number of nitrogens with one attached hydrogen (secondary N) is 2. The Morgan fingerprint density at radius 3 is 1.63 bits per heavy atom. The highest BCUT2D eigenvalue weighted by Crippen LogP contribution is 2.31. The molecule has 6 aromatic rings. The Kier molecular flexibility index (Phi) is 7.90. The summed E-state index contributed by atoms with van der Waals surface area (Å²) in [6, 6.07) is 32.4. The fourth-order valence-corrected chi connectivity index (χ4v) is 4.73. The largest absolute Gasteiger partial charge is 0.322 e. The maximum atomic E-state index is 12.9. The molecule has 12 nitrogen and oxygen atoms in total. The zero-order valence-electron chi connectivity index (χ0n) is 23.8. The van der Waals surface area contributed by atoms with Gasteiger partial charge in [-0.25, -0.2) is 9.97 Å². The van der Waals surface area contributed by atoms with Gasteiger partial charge in [-0.05, 0) is 66.7 Å². The third-order valence-electron chi connectivity index (χ3n) is 7.08. The molecular formula is C34H22N6O6. The SMILES string of the molecule is O=C(Nc1ccc(-c2nc(-c3ccccc3)c3cc(NC(=O)c4ccc([N+](=O)[O-])cc4)ccc3n2)cc1)c1ccc([N+](=O)[O-])cc1. The van der Waals surface area contributed by atoms with Gasteiger partial charge >= 0.3 is 0 Å². The number of aromatic nitrogens is 2. The van der Waals surface area contributed by atoms with Gasteiger partial charge in [0.05, 0.1) is 21.1 Å². The van der Waals surface area contributed by atoms with Crippen LogP contribution in [0, 0.1) is 20.2 Å². The van der Waals surface area contributed by atoms with Gasteiger partial charge in [0.25, 0.3) is 23.2 Å². The number of hydrogen-bond donors (Lipinski definition) is 2. The highest BCUT2D eigenvalue weighted by Gasteiger charge is 2.15. The highest BCUT2D eigenvalue weighted by atomic mass is 16.6. The predicted molar refractivity (Wildman–Crippen MR) is 173 cm³/mol. The first-order valence-corrected chi connectivity index (χ1v) is 13.8. The molecule has 0 unspecified atom stereocenters. The first-order chi connectivity index (χ1) is 22.2. The minimum absolute atomic E-state index is 0.102. The van der Waals surface area contributed by atoms with Gasteiger partial charge in [-0.3, -0.25) is 29.8 Å². The number of benzene rings is 5. The standard InChI is InChI=1S/C34H22N6O6/c41-33(23-8-15-27(16-9-23)39(43)44)35-25-12-6-22(7-13-25)32-37-30-19-14-26(20-29(30)31(38-32)21-4-2-1-3-5-21)36-34(42)24-10-17-28(18-11-24)40(45)46/h1-20H,(H,35,41)(H,36,42). The third-order valence-corrected chi connectivity index (χ3v) is 7.08. The Morgan fingerprint density at radius 1 is 0.565 bits per heavy atom. The number of hydrogen-bond acceptors (Lipinski definition) is 8. The molecule has 0 spiro atoms. The second kappa shape index (κ2) is 12.4. The van der Waals surface area contributed by atoms with Crippen molar-refractivity contribution in [2.75, 3.05) is 10.6 Å². The van der Waals surface area contributed by atoms with Crippen LogP contribution in [0.5, 0.6) is 0 Å². The summed E-state index contributed by atoms with van der Waals surface area (Å²) in [6.07, 6.45) is 0. The maximum Gasteiger partial charge on any atom is 0.269 e. The zero-order chi connectivity index (χ0) is 32.2. The van der Waals surface area contributed by atoms with Gasteiger partial charge in [-0.15, -0.1) is 0 Å². The summed E-state index contributed by atoms with van der Waals surface area (Å²) in [6.45, 7) is 0. The quantitative estimate of drug-likeness (QED) is 0.134. The summed E-state index contributed by atoms with van der Waals surface area (Å²) in [5.41, 5.74) is 4.16. The molecule has 0 saturated heterocycles. The fraction of sp³-hybridized carbons (Fsp3) is 0. The van der Waals surface area contributed by atoms with E-state index in [1.165, 1.54) is 48.5 Å². The number of amides is 2. The van der Waals surface area contributed by atoms with Crippen LogP contribution >= 0.6 is 0 Å². The minimum Gasteiger partial charge on any atom is -0.322 e. The van der Waals surface area contributed by atoms with Gasteiger partial charge in [0.2, 0.25) is 0 Å². The lowest BCUT2D eigenvalue weighted by molar-refractivity contribution is -0.385. The molecule has 0 aliphatic carbocycles. The van der Waals surface area contributed by atoms with E-state index in [1.54, 1.807) is 42.5 Å². The summed E-state index contributed by atoms with van der Waals surface area (Å²) >= 11 is 0. The average Bonchev–Trinajstić information content (AvgIpc) is 3.08. The second-order valence-corrected chi connectivity index (χ2v) is 10.1. The Bertz CT molecular complexity index is 2120. The van der Waals surface area contributed by atoms with E-state index in [0.717, 1.165) is 5.56 Å². The van der Waals surface area contributed by atoms with E-state index >= 15 is 0 Å². The van der Waals surface area contributed by atoms with Gasteiger partial charge < -0.3 is 10.6 Å². The van der Waals surface area contributed by atoms with Crippen molar-refractivity contribution in [1.82, 2.24) is 9.97 Å². The van der Waals surface area contributed by atoms with Crippen molar-refractivity contribution >= 4 is 45.5 Å². The molecule has 2 amide bonds. The molecule has 0 aliphatic heterocycles. The number of carbonyl (C=O) groups excluding carboxylic acids is 2. The van der Waals surface area contributed by atoms with Crippen molar-refractivity contribution in [3.8, 4) is 22.6 Å². The van der Waals surface area contributed by atoms with Crippen LogP contribution in [-0.4, -0.2) is 31.6 Å². The summed E-state index contributed by atoms with van der Waals surface area (Å²) in [4.78, 5) is 56.0. The van der Waals surface area contributed by atoms with E-state index < -0.39 is 21.7 Å². The number of anilines is 2. The molecule has 1 aromatic heterocycles. The van der Waals surface area contributed by atoms with Crippen LogP contribution in [0.25, 0.3) is 33.5 Å². The van der Waals surface area contributed by atoms with Crippen molar-refractivity contribution in [2.24, 2.45) is 0 Å². The van der Waals surface area contributed by atoms with E-state index in [9.17, 15) is 29.8 Å². The van der Waals surface area contributed by atoms with Crippen LogP contribution in [0.1, 0.15) is 20.7 Å². The lowest BCUT2D eigenvalue weighted by Crippen LogP contribution is -2.12. The fourth-order valence-electron chi connectivity index (χ4n) is 4.73. The molecule has 0 fully saturated rings. The average molecular weight is 611 g/mol. The molecule has 6 rings (SSSR count). The Morgan fingerprint density at radius 2 is 1.09 bits per heavy atom. The Balaban J connectivity index is 1.28. The molecule has 5 aromatic carbocycles. The normalized spacial score (nSPS) is 10.7. The lowest BCUT2D eigenvalue weighted by Gasteiger charge is -2.12. The van der Waals surface area contributed by atoms with Gasteiger partial charge in [0.15, 0.2) is 5.82 Å². The Labute approximate surface area is 260 Å². The molecular weight excluding hydrogens is 588 g/mol. The van der Waals surface area contributed by atoms with Gasteiger partial charge in [0.1, 0.15) is 0 Å². The first kappa shape index (κ1) is 29.3. The van der Waals surface area contributed by atoms with Crippen molar-refractivity contribution in [3.05, 3.63) is 153 Å². The smallest absolute Gasteiger partial charge is 0.269 e. The zero-order valence-corrected chi connectivity index (χ0v) is 23.8. The number of nitro groups is 2. The highest BCUT2D eigenvalue weighted by molar-refractivity contribution is 6.06. The van der Waals surface area contributed by atoms with Crippen LogP contribution in [-0.2, 0) is 0 Å². The second-order valence-electron chi connectivity index (χ2n) is 10.1. The number of rotatable bonds is 8. The first-order valence-electron chi connectivity index (χ1n) is 13.8. The van der Waals surface area contributed by atoms with Gasteiger partial charge in [0, 0.05) is 63.3 Å². The topological polar surface area (TPSA) is 170 Å². The monoisotopic (exact) mass is 610 g/mol. The molecule has 46 heavy (non-hydrogen) atoms. The van der Waals surface area contributed by atoms with E-state index in [-0.39, 0.29) is 22.5 Å². The molecule has 0 bridgehead atoms. The number of non-ortho nitro benzene ring substituents is 2. The number of nitro benzene ring substituents is 2. The number of fused-ring (bicyclic) bond motifs is 1. The van der Waals surface area contributed by atoms with Crippen molar-refractivity contribution in [3.63, 3.8) is 0 Å². The van der Waals surface area contributed by atoms with E-state index in [4.69, 9.17) is 9.97 Å². The third kappa shape index (κ3) is 6.26. The van der Waals surface area contributed by atoms with Crippen LogP contribution in [0.4, 0.5) is 22.7 Å². The molecule has 0 saturated carbocycles. The summed E-state index contributed by atoms with van der Waals surface area (Å²) in [5, 5.41) is 28.2. The van der Waals surface area contributed by atoms with E-state index in [2.05, 4.69) is 10.6 Å². The van der Waals surface area contributed by atoms with Crippen LogP contribution in [0.3, 0.4) is 0 Å². The molecule has 224 valence electrons. The molecule has 0 radical (unpaired) electrons. The van der Waals surface area contributed by atoms with Gasteiger partial charge in [-0.2, -0.15) is 0 Å². The van der Waals surface area contributed by atoms with Crippen LogP contribution in [0.2, 0.25) is 0 Å². The summed E-state index contributed by atoms with van der Waals surface area (Å²) < 4.78 is 0. The number of carbonyl (C=O) groups is 2. The minimum atomic E-state index is -0.528. The van der Waals surface area contributed by atoms with Crippen LogP contribution in [0.15, 0.2) is 121 Å². The maximum absolute atomic E-state index is 12.9. The van der Waals surface area contributed by atoms with Gasteiger partial charge in [-0.1, -0.05) is 30.3 Å². The predicted octanol–water partition coefficient (Wildman–Crippen LogP) is 7.28. The molecule has 12 heteroatoms. The summed E-state index contributed by atoms with van der Waals surface area (Å²) in [5.74, 6) is -0.386. The van der Waals surface area contributed by atoms with E-state index in [0.29, 0.717) is 39.4 Å².